The molecule has 0 aliphatic heterocycles. The topological polar surface area (TPSA) is 67.2 Å². The van der Waals surface area contributed by atoms with Crippen molar-refractivity contribution >= 4 is 22.8 Å². The summed E-state index contributed by atoms with van der Waals surface area (Å²) in [5, 5.41) is 2.76. The molecular weight excluding hydrogens is 340 g/mol. The van der Waals surface area contributed by atoms with E-state index in [9.17, 15) is 9.59 Å². The lowest BCUT2D eigenvalue weighted by Gasteiger charge is -2.20. The van der Waals surface area contributed by atoms with E-state index in [0.717, 1.165) is 23.3 Å². The van der Waals surface area contributed by atoms with Gasteiger partial charge in [0.2, 0.25) is 11.8 Å². The second-order valence-electron chi connectivity index (χ2n) is 6.08. The Morgan fingerprint density at radius 3 is 2.52 bits per heavy atom. The average Bonchev–Trinajstić information content (AvgIpc) is 3.02. The Morgan fingerprint density at radius 1 is 1.15 bits per heavy atom. The molecule has 2 aromatic rings. The van der Waals surface area contributed by atoms with Crippen LogP contribution < -0.4 is 5.32 Å². The molecule has 0 bridgehead atoms. The fourth-order valence-electron chi connectivity index (χ4n) is 2.85. The van der Waals surface area contributed by atoms with Crippen molar-refractivity contribution in [2.24, 2.45) is 0 Å². The van der Waals surface area contributed by atoms with Gasteiger partial charge in [-0.25, -0.2) is 4.98 Å². The normalized spacial score (nSPS) is 10.4. The summed E-state index contributed by atoms with van der Waals surface area (Å²) >= 11 is 0. The number of benzene rings is 1. The number of nitrogens with zero attached hydrogens (tertiary/aromatic N) is 3. The van der Waals surface area contributed by atoms with Crippen LogP contribution in [0.25, 0.3) is 11.0 Å². The zero-order chi connectivity index (χ0) is 19.6. The van der Waals surface area contributed by atoms with E-state index in [-0.39, 0.29) is 18.4 Å². The van der Waals surface area contributed by atoms with Crippen molar-refractivity contribution in [2.75, 3.05) is 19.6 Å². The molecule has 27 heavy (non-hydrogen) atoms. The van der Waals surface area contributed by atoms with Crippen molar-refractivity contribution < 1.29 is 9.59 Å². The van der Waals surface area contributed by atoms with Crippen LogP contribution >= 0.6 is 0 Å². The molecule has 6 heteroatoms. The lowest BCUT2D eigenvalue weighted by atomic mass is 10.3. The highest BCUT2D eigenvalue weighted by atomic mass is 16.2. The van der Waals surface area contributed by atoms with E-state index in [1.165, 1.54) is 6.08 Å². The van der Waals surface area contributed by atoms with Gasteiger partial charge in [-0.15, -0.1) is 13.2 Å². The molecule has 0 aliphatic carbocycles. The highest BCUT2D eigenvalue weighted by molar-refractivity contribution is 5.86. The largest absolute Gasteiger partial charge is 0.353 e. The molecule has 1 heterocycles. The standard InChI is InChI=1S/C21H26N4O2/c1-4-14-24(15-5-2)21(27)16-25-18-11-8-7-10-17(18)23-19(25)12-9-13-22-20(26)6-3/h4-8,10-11H,1-3,9,12-16H2,(H,22,26). The van der Waals surface area contributed by atoms with Crippen molar-refractivity contribution in [3.63, 3.8) is 0 Å². The van der Waals surface area contributed by atoms with Crippen LogP contribution in [0.1, 0.15) is 12.2 Å². The second kappa shape index (κ2) is 10.1. The number of hydrogen-bond donors (Lipinski definition) is 1. The Balaban J connectivity index is 2.18. The van der Waals surface area contributed by atoms with E-state index in [2.05, 4.69) is 30.0 Å². The third-order valence-corrected chi connectivity index (χ3v) is 4.14. The molecule has 6 nitrogen and oxygen atoms in total. The predicted molar refractivity (Wildman–Crippen MR) is 108 cm³/mol. The number of aromatic nitrogens is 2. The number of hydrogen-bond acceptors (Lipinski definition) is 3. The van der Waals surface area contributed by atoms with Gasteiger partial charge in [0, 0.05) is 26.1 Å². The molecule has 0 radical (unpaired) electrons. The first-order valence-electron chi connectivity index (χ1n) is 8.94. The van der Waals surface area contributed by atoms with Crippen molar-refractivity contribution in [3.05, 3.63) is 68.1 Å². The van der Waals surface area contributed by atoms with Crippen LogP contribution in [0.4, 0.5) is 0 Å². The summed E-state index contributed by atoms with van der Waals surface area (Å²) in [7, 11) is 0. The van der Waals surface area contributed by atoms with Gasteiger partial charge in [-0.2, -0.15) is 0 Å². The number of carbonyl (C=O) groups excluding carboxylic acids is 2. The smallest absolute Gasteiger partial charge is 0.243 e. The molecule has 0 aliphatic rings. The summed E-state index contributed by atoms with van der Waals surface area (Å²) in [6.45, 7) is 12.5. The first-order chi connectivity index (χ1) is 13.1. The minimum absolute atomic E-state index is 0.0147. The fraction of sp³-hybridized carbons (Fsp3) is 0.286. The van der Waals surface area contributed by atoms with Crippen LogP contribution in [0, 0.1) is 0 Å². The van der Waals surface area contributed by atoms with Crippen LogP contribution in [-0.4, -0.2) is 45.9 Å². The molecular formula is C21H26N4O2. The molecule has 0 saturated heterocycles. The van der Waals surface area contributed by atoms with Crippen molar-refractivity contribution in [3.8, 4) is 0 Å². The quantitative estimate of drug-likeness (QED) is 0.377. The van der Waals surface area contributed by atoms with Gasteiger partial charge in [-0.3, -0.25) is 9.59 Å². The van der Waals surface area contributed by atoms with E-state index in [1.807, 2.05) is 28.8 Å². The predicted octanol–water partition coefficient (Wildman–Crippen LogP) is 2.47. The first-order valence-corrected chi connectivity index (χ1v) is 8.94. The molecule has 2 amide bonds. The third kappa shape index (κ3) is 5.41. The Bertz CT molecular complexity index is 828. The number of nitrogens with one attached hydrogen (secondary N) is 1. The third-order valence-electron chi connectivity index (χ3n) is 4.14. The lowest BCUT2D eigenvalue weighted by Crippen LogP contribution is -2.34. The Morgan fingerprint density at radius 2 is 1.85 bits per heavy atom. The number of carbonyl (C=O) groups is 2. The Labute approximate surface area is 159 Å². The van der Waals surface area contributed by atoms with Gasteiger partial charge in [-0.1, -0.05) is 30.9 Å². The zero-order valence-corrected chi connectivity index (χ0v) is 15.6. The van der Waals surface area contributed by atoms with Gasteiger partial charge in [0.15, 0.2) is 0 Å². The molecule has 2 rings (SSSR count). The average molecular weight is 366 g/mol. The second-order valence-corrected chi connectivity index (χ2v) is 6.08. The summed E-state index contributed by atoms with van der Waals surface area (Å²) in [6, 6.07) is 7.76. The zero-order valence-electron chi connectivity index (χ0n) is 15.6. The van der Waals surface area contributed by atoms with Crippen molar-refractivity contribution in [1.82, 2.24) is 19.8 Å². The summed E-state index contributed by atoms with van der Waals surface area (Å²) in [5.41, 5.74) is 1.78. The summed E-state index contributed by atoms with van der Waals surface area (Å²) in [4.78, 5) is 30.4. The Kier molecular flexibility index (Phi) is 7.55. The van der Waals surface area contributed by atoms with Crippen LogP contribution in [0.3, 0.4) is 0 Å². The molecule has 0 saturated carbocycles. The van der Waals surface area contributed by atoms with Gasteiger partial charge in [0.25, 0.3) is 0 Å². The molecule has 0 atom stereocenters. The maximum atomic E-state index is 12.8. The highest BCUT2D eigenvalue weighted by Gasteiger charge is 2.17. The minimum Gasteiger partial charge on any atom is -0.353 e. The number of amides is 2. The molecule has 1 N–H and O–H groups in total. The molecule has 142 valence electrons. The van der Waals surface area contributed by atoms with E-state index in [0.29, 0.717) is 26.1 Å². The monoisotopic (exact) mass is 366 g/mol. The van der Waals surface area contributed by atoms with Crippen LogP contribution in [0.2, 0.25) is 0 Å². The van der Waals surface area contributed by atoms with Gasteiger partial charge < -0.3 is 14.8 Å². The van der Waals surface area contributed by atoms with Crippen LogP contribution in [-0.2, 0) is 22.6 Å². The number of aryl methyl sites for hydroxylation is 1. The number of imidazole rings is 1. The van der Waals surface area contributed by atoms with Gasteiger partial charge in [-0.05, 0) is 24.6 Å². The van der Waals surface area contributed by atoms with E-state index in [1.54, 1.807) is 17.1 Å². The number of para-hydroxylation sites is 2. The number of rotatable bonds is 11. The maximum absolute atomic E-state index is 12.8. The minimum atomic E-state index is -0.192. The van der Waals surface area contributed by atoms with Gasteiger partial charge in [0.05, 0.1) is 11.0 Å². The first kappa shape index (κ1) is 20.2. The SMILES string of the molecule is C=CCN(CC=C)C(=O)Cn1c(CCCNC(=O)C=C)nc2ccccc21. The molecule has 0 fully saturated rings. The summed E-state index contributed by atoms with van der Waals surface area (Å²) in [6.07, 6.45) is 6.04. The summed E-state index contributed by atoms with van der Waals surface area (Å²) < 4.78 is 1.95. The van der Waals surface area contributed by atoms with Crippen molar-refractivity contribution in [2.45, 2.75) is 19.4 Å². The molecule has 1 aromatic carbocycles. The van der Waals surface area contributed by atoms with E-state index < -0.39 is 0 Å². The van der Waals surface area contributed by atoms with E-state index in [4.69, 9.17) is 0 Å². The van der Waals surface area contributed by atoms with E-state index >= 15 is 0 Å². The van der Waals surface area contributed by atoms with Crippen LogP contribution in [0.5, 0.6) is 0 Å². The lowest BCUT2D eigenvalue weighted by molar-refractivity contribution is -0.130. The molecule has 0 spiro atoms. The van der Waals surface area contributed by atoms with Crippen molar-refractivity contribution in [1.29, 1.82) is 0 Å². The number of fused-ring (bicyclic) bond motifs is 1. The fourth-order valence-corrected chi connectivity index (χ4v) is 2.85. The van der Waals surface area contributed by atoms with Crippen LogP contribution in [0.15, 0.2) is 62.2 Å². The molecule has 0 unspecified atom stereocenters. The van der Waals surface area contributed by atoms with Gasteiger partial charge >= 0.3 is 0 Å². The highest BCUT2D eigenvalue weighted by Crippen LogP contribution is 2.17. The summed E-state index contributed by atoms with van der Waals surface area (Å²) in [5.74, 6) is 0.622. The Hall–Kier alpha value is -3.15. The maximum Gasteiger partial charge on any atom is 0.243 e. The van der Waals surface area contributed by atoms with Gasteiger partial charge in [0.1, 0.15) is 12.4 Å². The molecule has 1 aromatic heterocycles.